The number of nitrogens with zero attached hydrogens (tertiary/aromatic N) is 1. The maximum Gasteiger partial charge on any atom is 0.249 e. The molecule has 132 valence electrons. The Morgan fingerprint density at radius 3 is 2.50 bits per heavy atom. The minimum absolute atomic E-state index is 0. The summed E-state index contributed by atoms with van der Waals surface area (Å²) in [5.41, 5.74) is -0.342. The lowest BCUT2D eigenvalue weighted by Gasteiger charge is -2.32. The van der Waals surface area contributed by atoms with E-state index in [1.807, 2.05) is 6.92 Å². The molecule has 1 aromatic carbocycles. The second-order valence-electron chi connectivity index (χ2n) is 6.12. The highest BCUT2D eigenvalue weighted by atomic mass is 35.5. The molecule has 0 aliphatic carbocycles. The number of hydrogen-bond acceptors (Lipinski definition) is 3. The Morgan fingerprint density at radius 2 is 1.96 bits per heavy atom. The topological polar surface area (TPSA) is 61.4 Å². The van der Waals surface area contributed by atoms with Gasteiger partial charge in [-0.1, -0.05) is 13.0 Å². The predicted molar refractivity (Wildman–Crippen MR) is 88.0 cm³/mol. The zero-order valence-corrected chi connectivity index (χ0v) is 14.0. The van der Waals surface area contributed by atoms with Crippen LogP contribution in [-0.4, -0.2) is 37.5 Å². The molecule has 5 nitrogen and oxygen atoms in total. The van der Waals surface area contributed by atoms with Gasteiger partial charge in [0.25, 0.3) is 0 Å². The lowest BCUT2D eigenvalue weighted by Crippen LogP contribution is -2.52. The molecule has 1 aromatic rings. The van der Waals surface area contributed by atoms with Crippen molar-refractivity contribution in [1.82, 2.24) is 10.6 Å². The van der Waals surface area contributed by atoms with Gasteiger partial charge < -0.3 is 15.5 Å². The van der Waals surface area contributed by atoms with Crippen molar-refractivity contribution < 1.29 is 18.4 Å². The van der Waals surface area contributed by atoms with Crippen LogP contribution < -0.4 is 15.5 Å². The first-order valence-electron chi connectivity index (χ1n) is 7.75. The van der Waals surface area contributed by atoms with Crippen molar-refractivity contribution in [3.8, 4) is 0 Å². The van der Waals surface area contributed by atoms with Crippen molar-refractivity contribution in [3.63, 3.8) is 0 Å². The van der Waals surface area contributed by atoms with E-state index < -0.39 is 23.6 Å². The standard InChI is InChI=1S/C16H19F2N3O2.ClH/c1-9(10-7-19-8-10)15(22)20-13-5-6-21(16(13)23)14-11(17)3-2-4-12(14)18;/h2-4,9-10,13,19H,5-8H2,1H3,(H,20,22);1H. The van der Waals surface area contributed by atoms with Gasteiger partial charge in [-0.05, 0) is 37.6 Å². The van der Waals surface area contributed by atoms with Crippen molar-refractivity contribution in [3.05, 3.63) is 29.8 Å². The van der Waals surface area contributed by atoms with Crippen LogP contribution in [0.3, 0.4) is 0 Å². The summed E-state index contributed by atoms with van der Waals surface area (Å²) >= 11 is 0. The molecular formula is C16H20ClF2N3O2. The van der Waals surface area contributed by atoms with Crippen molar-refractivity contribution in [2.24, 2.45) is 11.8 Å². The number of carbonyl (C=O) groups excluding carboxylic acids is 2. The molecule has 2 aliphatic rings. The van der Waals surface area contributed by atoms with Gasteiger partial charge in [0.15, 0.2) is 0 Å². The van der Waals surface area contributed by atoms with E-state index >= 15 is 0 Å². The third-order valence-corrected chi connectivity index (χ3v) is 4.66. The smallest absolute Gasteiger partial charge is 0.249 e. The van der Waals surface area contributed by atoms with Crippen LogP contribution in [0, 0.1) is 23.5 Å². The molecule has 8 heteroatoms. The van der Waals surface area contributed by atoms with E-state index in [0.717, 1.165) is 30.1 Å². The molecule has 2 heterocycles. The van der Waals surface area contributed by atoms with Gasteiger partial charge >= 0.3 is 0 Å². The summed E-state index contributed by atoms with van der Waals surface area (Å²) in [7, 11) is 0. The van der Waals surface area contributed by atoms with E-state index in [0.29, 0.717) is 6.42 Å². The number of amides is 2. The summed E-state index contributed by atoms with van der Waals surface area (Å²) in [6, 6.07) is 2.76. The van der Waals surface area contributed by atoms with E-state index in [9.17, 15) is 18.4 Å². The van der Waals surface area contributed by atoms with Crippen LogP contribution >= 0.6 is 12.4 Å². The van der Waals surface area contributed by atoms with Crippen molar-refractivity contribution in [2.75, 3.05) is 24.5 Å². The summed E-state index contributed by atoms with van der Waals surface area (Å²) in [6.07, 6.45) is 0.341. The van der Waals surface area contributed by atoms with Gasteiger partial charge in [-0.3, -0.25) is 9.59 Å². The Balaban J connectivity index is 0.00000208. The van der Waals surface area contributed by atoms with Gasteiger partial charge in [-0.25, -0.2) is 8.78 Å². The fourth-order valence-electron chi connectivity index (χ4n) is 2.96. The van der Waals surface area contributed by atoms with Crippen LogP contribution in [0.1, 0.15) is 13.3 Å². The van der Waals surface area contributed by atoms with Crippen LogP contribution in [0.25, 0.3) is 0 Å². The van der Waals surface area contributed by atoms with Crippen LogP contribution in [0.4, 0.5) is 14.5 Å². The minimum atomic E-state index is -0.778. The van der Waals surface area contributed by atoms with Crippen molar-refractivity contribution in [1.29, 1.82) is 0 Å². The molecule has 2 fully saturated rings. The fraction of sp³-hybridized carbons (Fsp3) is 0.500. The number of anilines is 1. The number of carbonyl (C=O) groups is 2. The van der Waals surface area contributed by atoms with Gasteiger partial charge in [0.1, 0.15) is 23.4 Å². The molecule has 24 heavy (non-hydrogen) atoms. The average Bonchev–Trinajstić information content (AvgIpc) is 2.78. The van der Waals surface area contributed by atoms with E-state index in [1.165, 1.54) is 6.07 Å². The van der Waals surface area contributed by atoms with Gasteiger partial charge in [0, 0.05) is 12.5 Å². The molecule has 0 saturated carbocycles. The molecule has 0 spiro atoms. The Bertz CT molecular complexity index is 619. The summed E-state index contributed by atoms with van der Waals surface area (Å²) in [6.45, 7) is 3.59. The monoisotopic (exact) mass is 359 g/mol. The minimum Gasteiger partial charge on any atom is -0.344 e. The SMILES string of the molecule is CC(C(=O)NC1CCN(c2c(F)cccc2F)C1=O)C1CNC1.Cl. The van der Waals surface area contributed by atoms with Crippen LogP contribution in [0.15, 0.2) is 18.2 Å². The maximum absolute atomic E-state index is 13.8. The number of para-hydroxylation sites is 1. The quantitative estimate of drug-likeness (QED) is 0.855. The maximum atomic E-state index is 13.8. The Labute approximate surface area is 145 Å². The first-order valence-corrected chi connectivity index (χ1v) is 7.75. The zero-order chi connectivity index (χ0) is 16.6. The Hall–Kier alpha value is -1.73. The number of rotatable bonds is 4. The molecule has 0 bridgehead atoms. The van der Waals surface area contributed by atoms with E-state index in [2.05, 4.69) is 10.6 Å². The number of benzene rings is 1. The Morgan fingerprint density at radius 1 is 1.33 bits per heavy atom. The van der Waals surface area contributed by atoms with Crippen LogP contribution in [0.2, 0.25) is 0 Å². The lowest BCUT2D eigenvalue weighted by atomic mass is 9.88. The summed E-state index contributed by atoms with van der Waals surface area (Å²) in [5, 5.41) is 5.82. The predicted octanol–water partition coefficient (Wildman–Crippen LogP) is 1.46. The molecule has 3 rings (SSSR count). The largest absolute Gasteiger partial charge is 0.344 e. The lowest BCUT2D eigenvalue weighted by molar-refractivity contribution is -0.130. The van der Waals surface area contributed by atoms with E-state index in [4.69, 9.17) is 0 Å². The molecule has 0 radical (unpaired) electrons. The molecular weight excluding hydrogens is 340 g/mol. The highest BCUT2D eigenvalue weighted by Crippen LogP contribution is 2.28. The normalized spacial score (nSPS) is 21.9. The first kappa shape index (κ1) is 18.6. The van der Waals surface area contributed by atoms with Crippen molar-refractivity contribution >= 4 is 29.9 Å². The number of hydrogen-bond donors (Lipinski definition) is 2. The molecule has 2 saturated heterocycles. The van der Waals surface area contributed by atoms with Gasteiger partial charge in [-0.2, -0.15) is 0 Å². The third-order valence-electron chi connectivity index (χ3n) is 4.66. The van der Waals surface area contributed by atoms with Gasteiger partial charge in [0.05, 0.1) is 0 Å². The number of nitrogens with one attached hydrogen (secondary N) is 2. The van der Waals surface area contributed by atoms with Crippen LogP contribution in [0.5, 0.6) is 0 Å². The number of halogens is 3. The van der Waals surface area contributed by atoms with E-state index in [-0.39, 0.29) is 42.4 Å². The third kappa shape index (κ3) is 3.37. The molecule has 2 N–H and O–H groups in total. The first-order chi connectivity index (χ1) is 11.0. The zero-order valence-electron chi connectivity index (χ0n) is 13.2. The summed E-state index contributed by atoms with van der Waals surface area (Å²) in [4.78, 5) is 25.7. The van der Waals surface area contributed by atoms with E-state index in [1.54, 1.807) is 0 Å². The summed E-state index contributed by atoms with van der Waals surface area (Å²) < 4.78 is 27.6. The highest BCUT2D eigenvalue weighted by Gasteiger charge is 2.38. The second-order valence-corrected chi connectivity index (χ2v) is 6.12. The van der Waals surface area contributed by atoms with Gasteiger partial charge in [0.2, 0.25) is 11.8 Å². The highest BCUT2D eigenvalue weighted by molar-refractivity contribution is 6.01. The molecule has 2 atom stereocenters. The summed E-state index contributed by atoms with van der Waals surface area (Å²) in [5.74, 6) is -2.14. The molecule has 2 amide bonds. The molecule has 2 aliphatic heterocycles. The molecule has 0 aromatic heterocycles. The second kappa shape index (κ2) is 7.44. The molecule has 2 unspecified atom stereocenters. The fourth-order valence-corrected chi connectivity index (χ4v) is 2.96. The average molecular weight is 360 g/mol. The van der Waals surface area contributed by atoms with Crippen LogP contribution in [-0.2, 0) is 9.59 Å². The van der Waals surface area contributed by atoms with Gasteiger partial charge in [-0.15, -0.1) is 12.4 Å². The Kier molecular flexibility index (Phi) is 5.77. The van der Waals surface area contributed by atoms with Crippen molar-refractivity contribution in [2.45, 2.75) is 19.4 Å².